The van der Waals surface area contributed by atoms with Crippen molar-refractivity contribution in [3.8, 4) is 34.8 Å². The van der Waals surface area contributed by atoms with Gasteiger partial charge in [0.1, 0.15) is 23.1 Å². The first-order valence-corrected chi connectivity index (χ1v) is 9.17. The van der Waals surface area contributed by atoms with E-state index in [1.165, 1.54) is 12.1 Å². The van der Waals surface area contributed by atoms with Crippen molar-refractivity contribution in [1.82, 2.24) is 0 Å². The van der Waals surface area contributed by atoms with Crippen LogP contribution in [0.4, 0.5) is 4.39 Å². The summed E-state index contributed by atoms with van der Waals surface area (Å²) < 4.78 is 37.0. The number of fused-ring (bicyclic) bond motifs is 2. The lowest BCUT2D eigenvalue weighted by atomic mass is 9.83. The zero-order valence-electron chi connectivity index (χ0n) is 15.6. The van der Waals surface area contributed by atoms with Gasteiger partial charge in [-0.15, -0.1) is 0 Å². The molecule has 0 saturated heterocycles. The number of nitriles is 1. The van der Waals surface area contributed by atoms with Crippen molar-refractivity contribution in [2.24, 2.45) is 5.73 Å². The highest BCUT2D eigenvalue weighted by Gasteiger charge is 2.33. The van der Waals surface area contributed by atoms with Crippen LogP contribution < -0.4 is 24.7 Å². The fourth-order valence-corrected chi connectivity index (χ4v) is 3.59. The molecule has 2 aliphatic heterocycles. The van der Waals surface area contributed by atoms with Gasteiger partial charge in [0.2, 0.25) is 12.7 Å². The van der Waals surface area contributed by atoms with Gasteiger partial charge in [-0.1, -0.05) is 24.3 Å². The summed E-state index contributed by atoms with van der Waals surface area (Å²) in [5.74, 6) is 0.899. The van der Waals surface area contributed by atoms with E-state index in [0.29, 0.717) is 34.1 Å². The van der Waals surface area contributed by atoms with E-state index in [0.717, 1.165) is 0 Å². The molecule has 2 N–H and O–H groups in total. The van der Waals surface area contributed by atoms with Gasteiger partial charge in [0.05, 0.1) is 5.92 Å². The van der Waals surface area contributed by atoms with E-state index < -0.39 is 11.7 Å². The van der Waals surface area contributed by atoms with Gasteiger partial charge in [-0.3, -0.25) is 0 Å². The quantitative estimate of drug-likeness (QED) is 0.691. The molecule has 2 heterocycles. The highest BCUT2D eigenvalue weighted by Crippen LogP contribution is 2.48. The van der Waals surface area contributed by atoms with Crippen LogP contribution in [0.15, 0.2) is 72.1 Å². The van der Waals surface area contributed by atoms with Gasteiger partial charge in [-0.05, 0) is 35.9 Å². The monoisotopic (exact) mass is 402 g/mol. The molecule has 7 heteroatoms. The van der Waals surface area contributed by atoms with Crippen molar-refractivity contribution in [2.75, 3.05) is 6.79 Å². The number of ether oxygens (including phenoxy) is 4. The predicted octanol–water partition coefficient (Wildman–Crippen LogP) is 4.56. The molecular weight excluding hydrogens is 387 g/mol. The van der Waals surface area contributed by atoms with E-state index >= 15 is 0 Å². The molecule has 0 aromatic heterocycles. The molecule has 30 heavy (non-hydrogen) atoms. The molecule has 0 saturated carbocycles. The summed E-state index contributed by atoms with van der Waals surface area (Å²) in [5, 5.41) is 9.69. The maximum Gasteiger partial charge on any atom is 0.231 e. The normalized spacial score (nSPS) is 16.5. The van der Waals surface area contributed by atoms with Gasteiger partial charge in [0, 0.05) is 11.6 Å². The Kier molecular flexibility index (Phi) is 4.18. The molecule has 6 nitrogen and oxygen atoms in total. The molecule has 0 fully saturated rings. The Morgan fingerprint density at radius 1 is 1.00 bits per heavy atom. The van der Waals surface area contributed by atoms with Crippen LogP contribution in [-0.4, -0.2) is 6.79 Å². The fourth-order valence-electron chi connectivity index (χ4n) is 3.59. The lowest BCUT2D eigenvalue weighted by Crippen LogP contribution is -2.21. The van der Waals surface area contributed by atoms with Crippen LogP contribution >= 0.6 is 0 Å². The van der Waals surface area contributed by atoms with Gasteiger partial charge in [-0.2, -0.15) is 5.26 Å². The maximum atomic E-state index is 14.9. The SMILES string of the molecule is N#CC1=C(N)Oc2cc3c(cc2C1c1ccc(Oc2ccccc2)c(F)c1)OCO3. The summed E-state index contributed by atoms with van der Waals surface area (Å²) in [4.78, 5) is 0. The Morgan fingerprint density at radius 2 is 1.77 bits per heavy atom. The Labute approximate surface area is 171 Å². The van der Waals surface area contributed by atoms with Crippen LogP contribution in [0.2, 0.25) is 0 Å². The van der Waals surface area contributed by atoms with E-state index in [4.69, 9.17) is 24.7 Å². The number of nitrogens with two attached hydrogens (primary N) is 1. The average Bonchev–Trinajstić information content (AvgIpc) is 3.21. The van der Waals surface area contributed by atoms with Crippen molar-refractivity contribution < 1.29 is 23.3 Å². The zero-order valence-corrected chi connectivity index (χ0v) is 15.6. The molecule has 5 rings (SSSR count). The van der Waals surface area contributed by atoms with E-state index in [2.05, 4.69) is 6.07 Å². The van der Waals surface area contributed by atoms with Crippen LogP contribution in [0.3, 0.4) is 0 Å². The predicted molar refractivity (Wildman–Crippen MR) is 105 cm³/mol. The summed E-state index contributed by atoms with van der Waals surface area (Å²) in [6.07, 6.45) is 0. The summed E-state index contributed by atoms with van der Waals surface area (Å²) in [5.41, 5.74) is 7.36. The second kappa shape index (κ2) is 7.01. The molecule has 0 radical (unpaired) electrons. The summed E-state index contributed by atoms with van der Waals surface area (Å²) in [6.45, 7) is 0.0943. The molecule has 2 aliphatic rings. The van der Waals surface area contributed by atoms with E-state index in [9.17, 15) is 9.65 Å². The molecule has 148 valence electrons. The number of para-hydroxylation sites is 1. The fraction of sp³-hybridized carbons (Fsp3) is 0.0870. The van der Waals surface area contributed by atoms with Crippen LogP contribution in [0.25, 0.3) is 0 Å². The van der Waals surface area contributed by atoms with Crippen LogP contribution in [-0.2, 0) is 0 Å². The van der Waals surface area contributed by atoms with Crippen LogP contribution in [0.1, 0.15) is 17.0 Å². The molecular formula is C23H15FN2O4. The van der Waals surface area contributed by atoms with Crippen molar-refractivity contribution in [2.45, 2.75) is 5.92 Å². The van der Waals surface area contributed by atoms with Crippen molar-refractivity contribution in [3.63, 3.8) is 0 Å². The molecule has 1 unspecified atom stereocenters. The summed E-state index contributed by atoms with van der Waals surface area (Å²) in [7, 11) is 0. The number of halogens is 1. The minimum absolute atomic E-state index is 0.0288. The molecule has 1 atom stereocenters. The second-order valence-corrected chi connectivity index (χ2v) is 6.77. The number of allylic oxidation sites excluding steroid dienone is 1. The number of rotatable bonds is 3. The largest absolute Gasteiger partial charge is 0.454 e. The number of hydrogen-bond acceptors (Lipinski definition) is 6. The van der Waals surface area contributed by atoms with Gasteiger partial charge in [0.15, 0.2) is 23.1 Å². The number of benzene rings is 3. The number of nitrogens with zero attached hydrogens (tertiary/aromatic N) is 1. The minimum atomic E-state index is -0.617. The summed E-state index contributed by atoms with van der Waals surface area (Å²) in [6, 6.07) is 19.0. The molecule has 0 amide bonds. The Balaban J connectivity index is 1.57. The van der Waals surface area contributed by atoms with Gasteiger partial charge in [-0.25, -0.2) is 4.39 Å². The average molecular weight is 402 g/mol. The highest BCUT2D eigenvalue weighted by molar-refractivity contribution is 5.61. The second-order valence-electron chi connectivity index (χ2n) is 6.77. The van der Waals surface area contributed by atoms with E-state index in [-0.39, 0.29) is 24.0 Å². The molecule has 0 bridgehead atoms. The topological polar surface area (TPSA) is 86.7 Å². The van der Waals surface area contributed by atoms with Crippen LogP contribution in [0.5, 0.6) is 28.7 Å². The first-order valence-electron chi connectivity index (χ1n) is 9.17. The van der Waals surface area contributed by atoms with Crippen LogP contribution in [0, 0.1) is 17.1 Å². The van der Waals surface area contributed by atoms with Gasteiger partial charge >= 0.3 is 0 Å². The third kappa shape index (κ3) is 2.95. The van der Waals surface area contributed by atoms with Crippen molar-refractivity contribution in [1.29, 1.82) is 5.26 Å². The van der Waals surface area contributed by atoms with E-state index in [1.807, 2.05) is 6.07 Å². The van der Waals surface area contributed by atoms with Gasteiger partial charge < -0.3 is 24.7 Å². The first-order chi connectivity index (χ1) is 14.6. The Hall–Kier alpha value is -4.18. The molecule has 0 spiro atoms. The first kappa shape index (κ1) is 17.9. The maximum absolute atomic E-state index is 14.9. The third-order valence-electron chi connectivity index (χ3n) is 4.97. The van der Waals surface area contributed by atoms with Crippen molar-refractivity contribution in [3.05, 3.63) is 89.1 Å². The standard InChI is InChI=1S/C23H15FN2O4/c24-17-8-13(6-7-18(17)29-14-4-2-1-3-5-14)22-15-9-20-21(28-12-27-20)10-19(15)30-23(26)16(22)11-25/h1-10,22H,12,26H2. The zero-order chi connectivity index (χ0) is 20.7. The lowest BCUT2D eigenvalue weighted by molar-refractivity contribution is 0.174. The Morgan fingerprint density at radius 3 is 2.50 bits per heavy atom. The molecule has 3 aromatic rings. The molecule has 3 aromatic carbocycles. The highest BCUT2D eigenvalue weighted by atomic mass is 19.1. The molecule has 0 aliphatic carbocycles. The smallest absolute Gasteiger partial charge is 0.231 e. The van der Waals surface area contributed by atoms with Crippen molar-refractivity contribution >= 4 is 0 Å². The third-order valence-corrected chi connectivity index (χ3v) is 4.97. The van der Waals surface area contributed by atoms with Gasteiger partial charge in [0.25, 0.3) is 0 Å². The minimum Gasteiger partial charge on any atom is -0.454 e. The number of hydrogen-bond donors (Lipinski definition) is 1. The summed E-state index contributed by atoms with van der Waals surface area (Å²) >= 11 is 0. The Bertz CT molecular complexity index is 1220. The lowest BCUT2D eigenvalue weighted by Gasteiger charge is -2.26. The van der Waals surface area contributed by atoms with E-state index in [1.54, 1.807) is 42.5 Å².